The van der Waals surface area contributed by atoms with E-state index < -0.39 is 0 Å². The molecule has 1 atom stereocenters. The molecule has 3 nitrogen and oxygen atoms in total. The molecule has 0 radical (unpaired) electrons. The first-order chi connectivity index (χ1) is 10.2. The topological polar surface area (TPSA) is 39.1 Å². The minimum Gasteiger partial charge on any atom is -0.312 e. The van der Waals surface area contributed by atoms with E-state index in [2.05, 4.69) is 10.2 Å². The number of nitrogens with zero attached hydrogens (tertiary/aromatic N) is 2. The van der Waals surface area contributed by atoms with Crippen molar-refractivity contribution in [1.82, 2.24) is 10.2 Å². The summed E-state index contributed by atoms with van der Waals surface area (Å²) in [6.07, 6.45) is 6.31. The summed E-state index contributed by atoms with van der Waals surface area (Å²) in [5, 5.41) is 12.6. The minimum atomic E-state index is -0.311. The van der Waals surface area contributed by atoms with Gasteiger partial charge < -0.3 is 5.32 Å². The number of halogens is 1. The zero-order valence-electron chi connectivity index (χ0n) is 12.3. The van der Waals surface area contributed by atoms with Crippen molar-refractivity contribution in [2.24, 2.45) is 0 Å². The lowest BCUT2D eigenvalue weighted by Gasteiger charge is -2.36. The molecule has 3 rings (SSSR count). The molecule has 1 aromatic rings. The van der Waals surface area contributed by atoms with Crippen molar-refractivity contribution in [3.8, 4) is 6.07 Å². The summed E-state index contributed by atoms with van der Waals surface area (Å²) in [6, 6.07) is 7.96. The highest BCUT2D eigenvalue weighted by Crippen LogP contribution is 2.23. The number of piperidine rings is 1. The summed E-state index contributed by atoms with van der Waals surface area (Å²) in [5.74, 6) is -0.311. The van der Waals surface area contributed by atoms with Gasteiger partial charge in [-0.1, -0.05) is 6.42 Å². The van der Waals surface area contributed by atoms with Gasteiger partial charge in [-0.3, -0.25) is 4.90 Å². The van der Waals surface area contributed by atoms with Crippen LogP contribution in [0.15, 0.2) is 18.2 Å². The largest absolute Gasteiger partial charge is 0.312 e. The van der Waals surface area contributed by atoms with Gasteiger partial charge in [-0.15, -0.1) is 0 Å². The number of nitriles is 1. The molecule has 0 bridgehead atoms. The molecule has 1 saturated heterocycles. The Morgan fingerprint density at radius 2 is 2.10 bits per heavy atom. The highest BCUT2D eigenvalue weighted by Gasteiger charge is 2.26. The van der Waals surface area contributed by atoms with Crippen LogP contribution < -0.4 is 5.32 Å². The first kappa shape index (κ1) is 14.5. The second-order valence-corrected chi connectivity index (χ2v) is 6.26. The van der Waals surface area contributed by atoms with Gasteiger partial charge in [0.05, 0.1) is 11.6 Å². The van der Waals surface area contributed by atoms with Crippen LogP contribution in [0.2, 0.25) is 0 Å². The normalized spacial score (nSPS) is 23.0. The maximum Gasteiger partial charge on any atom is 0.124 e. The first-order valence-electron chi connectivity index (χ1n) is 7.91. The van der Waals surface area contributed by atoms with E-state index in [1.807, 2.05) is 12.1 Å². The van der Waals surface area contributed by atoms with Crippen LogP contribution in [0.5, 0.6) is 0 Å². The third-order valence-corrected chi connectivity index (χ3v) is 4.44. The van der Waals surface area contributed by atoms with Gasteiger partial charge in [0.1, 0.15) is 5.82 Å². The van der Waals surface area contributed by atoms with Crippen molar-refractivity contribution in [2.45, 2.75) is 50.7 Å². The molecule has 1 heterocycles. The van der Waals surface area contributed by atoms with Crippen LogP contribution >= 0.6 is 0 Å². The Morgan fingerprint density at radius 3 is 2.86 bits per heavy atom. The van der Waals surface area contributed by atoms with E-state index in [4.69, 9.17) is 5.26 Å². The Morgan fingerprint density at radius 1 is 1.24 bits per heavy atom. The van der Waals surface area contributed by atoms with Crippen LogP contribution in [0.4, 0.5) is 4.39 Å². The average Bonchev–Trinajstić information content (AvgIpc) is 3.30. The Kier molecular flexibility index (Phi) is 4.52. The molecule has 1 aliphatic carbocycles. The Bertz CT molecular complexity index is 533. The van der Waals surface area contributed by atoms with Crippen molar-refractivity contribution in [3.05, 3.63) is 35.1 Å². The van der Waals surface area contributed by atoms with Gasteiger partial charge in [-0.25, -0.2) is 4.39 Å². The van der Waals surface area contributed by atoms with E-state index in [1.54, 1.807) is 6.07 Å². The summed E-state index contributed by atoms with van der Waals surface area (Å²) in [4.78, 5) is 2.44. The number of benzene rings is 1. The van der Waals surface area contributed by atoms with Gasteiger partial charge in [0.2, 0.25) is 0 Å². The lowest BCUT2D eigenvalue weighted by molar-refractivity contribution is 0.137. The van der Waals surface area contributed by atoms with E-state index in [0.717, 1.165) is 31.2 Å². The molecule has 1 unspecified atom stereocenters. The van der Waals surface area contributed by atoms with E-state index >= 15 is 0 Å². The minimum absolute atomic E-state index is 0.311. The molecular formula is C17H22FN3. The fourth-order valence-corrected chi connectivity index (χ4v) is 3.13. The number of nitrogens with one attached hydrogen (secondary N) is 1. The van der Waals surface area contributed by atoms with E-state index in [0.29, 0.717) is 11.6 Å². The van der Waals surface area contributed by atoms with Crippen LogP contribution in [0.1, 0.15) is 43.2 Å². The summed E-state index contributed by atoms with van der Waals surface area (Å²) in [6.45, 7) is 2.84. The highest BCUT2D eigenvalue weighted by molar-refractivity contribution is 5.33. The molecular weight excluding hydrogens is 265 g/mol. The van der Waals surface area contributed by atoms with Gasteiger partial charge in [0.25, 0.3) is 0 Å². The molecule has 21 heavy (non-hydrogen) atoms. The molecule has 2 fully saturated rings. The molecule has 1 aromatic carbocycles. The molecule has 1 N–H and O–H groups in total. The summed E-state index contributed by atoms with van der Waals surface area (Å²) in [7, 11) is 0. The molecule has 4 heteroatoms. The van der Waals surface area contributed by atoms with Gasteiger partial charge in [-0.2, -0.15) is 5.26 Å². The fourth-order valence-electron chi connectivity index (χ4n) is 3.13. The lowest BCUT2D eigenvalue weighted by Crippen LogP contribution is -2.45. The van der Waals surface area contributed by atoms with Crippen molar-refractivity contribution in [1.29, 1.82) is 5.26 Å². The van der Waals surface area contributed by atoms with Crippen molar-refractivity contribution in [2.75, 3.05) is 13.1 Å². The molecule has 112 valence electrons. The number of hydrogen-bond donors (Lipinski definition) is 1. The van der Waals surface area contributed by atoms with Crippen LogP contribution in [0.25, 0.3) is 0 Å². The van der Waals surface area contributed by atoms with Crippen molar-refractivity contribution < 1.29 is 4.39 Å². The predicted molar refractivity (Wildman–Crippen MR) is 80.2 cm³/mol. The maximum atomic E-state index is 13.5. The molecule has 1 saturated carbocycles. The SMILES string of the molecule is N#Cc1cc(F)cc(CN2CCCCC2CNC2CC2)c1. The van der Waals surface area contributed by atoms with Crippen LogP contribution in [-0.4, -0.2) is 30.1 Å². The molecule has 1 aliphatic heterocycles. The Labute approximate surface area is 125 Å². The number of likely N-dealkylation sites (tertiary alicyclic amines) is 1. The van der Waals surface area contributed by atoms with E-state index in [9.17, 15) is 4.39 Å². The van der Waals surface area contributed by atoms with Gasteiger partial charge >= 0.3 is 0 Å². The monoisotopic (exact) mass is 287 g/mol. The van der Waals surface area contributed by atoms with Gasteiger partial charge in [0, 0.05) is 25.2 Å². The van der Waals surface area contributed by atoms with E-state index in [-0.39, 0.29) is 5.82 Å². The van der Waals surface area contributed by atoms with E-state index in [1.165, 1.54) is 38.2 Å². The molecule has 0 aromatic heterocycles. The zero-order chi connectivity index (χ0) is 14.7. The smallest absolute Gasteiger partial charge is 0.124 e. The number of rotatable bonds is 5. The molecule has 0 amide bonds. The first-order valence-corrected chi connectivity index (χ1v) is 7.91. The van der Waals surface area contributed by atoms with Crippen LogP contribution in [0, 0.1) is 17.1 Å². The highest BCUT2D eigenvalue weighted by atomic mass is 19.1. The summed E-state index contributed by atoms with van der Waals surface area (Å²) in [5.41, 5.74) is 1.32. The quantitative estimate of drug-likeness (QED) is 0.905. The standard InChI is InChI=1S/C17H22FN3/c18-15-8-13(10-19)7-14(9-15)12-21-6-2-1-3-17(21)11-20-16-4-5-16/h7-9,16-17,20H,1-6,11-12H2. The maximum absolute atomic E-state index is 13.5. The molecule has 0 spiro atoms. The van der Waals surface area contributed by atoms with Crippen molar-refractivity contribution in [3.63, 3.8) is 0 Å². The third kappa shape index (κ3) is 4.03. The Balaban J connectivity index is 1.65. The molecule has 2 aliphatic rings. The summed E-state index contributed by atoms with van der Waals surface area (Å²) < 4.78 is 13.5. The van der Waals surface area contributed by atoms with Gasteiger partial charge in [0.15, 0.2) is 0 Å². The van der Waals surface area contributed by atoms with Gasteiger partial charge in [-0.05, 0) is 56.0 Å². The number of hydrogen-bond acceptors (Lipinski definition) is 3. The van der Waals surface area contributed by atoms with Crippen molar-refractivity contribution >= 4 is 0 Å². The third-order valence-electron chi connectivity index (χ3n) is 4.44. The fraction of sp³-hybridized carbons (Fsp3) is 0.588. The zero-order valence-corrected chi connectivity index (χ0v) is 12.3. The van der Waals surface area contributed by atoms with Crippen LogP contribution in [-0.2, 0) is 6.54 Å². The lowest BCUT2D eigenvalue weighted by atomic mass is 10.0. The van der Waals surface area contributed by atoms with Crippen LogP contribution in [0.3, 0.4) is 0 Å². The predicted octanol–water partition coefficient (Wildman–Crippen LogP) is 2.80. The second-order valence-electron chi connectivity index (χ2n) is 6.26. The average molecular weight is 287 g/mol. The Hall–Kier alpha value is -1.44. The second kappa shape index (κ2) is 6.55. The summed E-state index contributed by atoms with van der Waals surface area (Å²) >= 11 is 0.